The van der Waals surface area contributed by atoms with Crippen LogP contribution >= 0.6 is 11.7 Å². The zero-order valence-corrected chi connectivity index (χ0v) is 6.97. The van der Waals surface area contributed by atoms with Gasteiger partial charge in [0.05, 0.1) is 11.7 Å². The predicted molar refractivity (Wildman–Crippen MR) is 44.4 cm³/mol. The highest BCUT2D eigenvalue weighted by atomic mass is 32.1. The Hall–Kier alpha value is -1.21. The number of carboxylic acid groups (broad SMARTS) is 1. The summed E-state index contributed by atoms with van der Waals surface area (Å²) in [6.45, 7) is 0.919. The summed E-state index contributed by atoms with van der Waals surface area (Å²) < 4.78 is 7.35. The molecule has 66 valence electrons. The predicted octanol–water partition coefficient (Wildman–Crippen LogP) is -0.393. The van der Waals surface area contributed by atoms with Crippen LogP contribution in [0.5, 0.6) is 0 Å². The summed E-state index contributed by atoms with van der Waals surface area (Å²) in [7, 11) is 0. The molecule has 12 heavy (non-hydrogen) atoms. The van der Waals surface area contributed by atoms with Crippen molar-refractivity contribution < 1.29 is 9.90 Å². The monoisotopic (exact) mass is 188 g/mol. The van der Waals surface area contributed by atoms with Gasteiger partial charge in [-0.25, -0.2) is 4.79 Å². The summed E-state index contributed by atoms with van der Waals surface area (Å²) in [5.41, 5.74) is 5.17. The zero-order valence-electron chi connectivity index (χ0n) is 6.15. The van der Waals surface area contributed by atoms with E-state index in [0.29, 0.717) is 13.1 Å². The standard InChI is InChI=1S/C5H8N4O2S/c6-1-2-7-4-3(5(10)11)8-12-9-4/h1-2,6H2,(H,7,9)(H,10,11). The van der Waals surface area contributed by atoms with Gasteiger partial charge in [-0.15, -0.1) is 0 Å². The Balaban J connectivity index is 2.70. The van der Waals surface area contributed by atoms with E-state index in [1.807, 2.05) is 0 Å². The van der Waals surface area contributed by atoms with Crippen LogP contribution in [0.3, 0.4) is 0 Å². The number of carboxylic acids is 1. The lowest BCUT2D eigenvalue weighted by Gasteiger charge is -1.98. The Morgan fingerprint density at radius 3 is 3.00 bits per heavy atom. The molecule has 1 aromatic rings. The maximum Gasteiger partial charge on any atom is 0.359 e. The molecular weight excluding hydrogens is 180 g/mol. The fraction of sp³-hybridized carbons (Fsp3) is 0.400. The van der Waals surface area contributed by atoms with Crippen LogP contribution in [0.15, 0.2) is 0 Å². The van der Waals surface area contributed by atoms with E-state index in [9.17, 15) is 4.79 Å². The van der Waals surface area contributed by atoms with Gasteiger partial charge >= 0.3 is 5.97 Å². The van der Waals surface area contributed by atoms with Crippen LogP contribution in [0.25, 0.3) is 0 Å². The first-order chi connectivity index (χ1) is 5.75. The quantitative estimate of drug-likeness (QED) is 0.594. The van der Waals surface area contributed by atoms with E-state index in [4.69, 9.17) is 10.8 Å². The van der Waals surface area contributed by atoms with Crippen molar-refractivity contribution in [1.29, 1.82) is 0 Å². The molecule has 0 saturated carbocycles. The van der Waals surface area contributed by atoms with Crippen molar-refractivity contribution in [3.63, 3.8) is 0 Å². The third kappa shape index (κ3) is 1.89. The number of carbonyl (C=O) groups is 1. The molecule has 7 heteroatoms. The molecule has 0 aromatic carbocycles. The Morgan fingerprint density at radius 1 is 1.67 bits per heavy atom. The normalized spacial score (nSPS) is 9.75. The smallest absolute Gasteiger partial charge is 0.359 e. The molecule has 0 aliphatic rings. The van der Waals surface area contributed by atoms with Crippen LogP contribution in [0.2, 0.25) is 0 Å². The lowest BCUT2D eigenvalue weighted by molar-refractivity contribution is 0.0693. The average Bonchev–Trinajstić information content (AvgIpc) is 2.48. The van der Waals surface area contributed by atoms with Gasteiger partial charge in [-0.2, -0.15) is 8.75 Å². The van der Waals surface area contributed by atoms with Gasteiger partial charge in [-0.3, -0.25) is 0 Å². The van der Waals surface area contributed by atoms with Gasteiger partial charge in [0.1, 0.15) is 0 Å². The highest BCUT2D eigenvalue weighted by molar-refractivity contribution is 6.99. The second-order valence-electron chi connectivity index (χ2n) is 1.98. The van der Waals surface area contributed by atoms with Gasteiger partial charge in [-0.1, -0.05) is 0 Å². The third-order valence-corrected chi connectivity index (χ3v) is 1.66. The van der Waals surface area contributed by atoms with Gasteiger partial charge in [0.2, 0.25) is 5.69 Å². The first kappa shape index (κ1) is 8.88. The zero-order chi connectivity index (χ0) is 8.97. The summed E-state index contributed by atoms with van der Waals surface area (Å²) in [5.74, 6) is -0.791. The molecule has 1 aromatic heterocycles. The average molecular weight is 188 g/mol. The van der Waals surface area contributed by atoms with E-state index in [2.05, 4.69) is 14.1 Å². The SMILES string of the molecule is NCCNc1nsnc1C(=O)O. The van der Waals surface area contributed by atoms with Crippen LogP contribution in [0, 0.1) is 0 Å². The molecule has 0 aliphatic carbocycles. The first-order valence-electron chi connectivity index (χ1n) is 3.25. The molecule has 1 heterocycles. The van der Waals surface area contributed by atoms with Crippen molar-refractivity contribution >= 4 is 23.5 Å². The van der Waals surface area contributed by atoms with E-state index in [-0.39, 0.29) is 11.5 Å². The molecule has 0 spiro atoms. The lowest BCUT2D eigenvalue weighted by Crippen LogP contribution is -2.15. The Labute approximate surface area is 72.7 Å². The van der Waals surface area contributed by atoms with Gasteiger partial charge in [-0.05, 0) is 0 Å². The molecule has 0 bridgehead atoms. The maximum absolute atomic E-state index is 10.5. The molecule has 1 rings (SSSR count). The lowest BCUT2D eigenvalue weighted by atomic mass is 10.4. The van der Waals surface area contributed by atoms with Crippen molar-refractivity contribution in [3.8, 4) is 0 Å². The van der Waals surface area contributed by atoms with E-state index in [1.165, 1.54) is 0 Å². The topological polar surface area (TPSA) is 101 Å². The van der Waals surface area contributed by atoms with Crippen molar-refractivity contribution in [2.24, 2.45) is 5.73 Å². The first-order valence-corrected chi connectivity index (χ1v) is 3.98. The molecule has 0 saturated heterocycles. The van der Waals surface area contributed by atoms with Crippen LogP contribution in [-0.4, -0.2) is 32.9 Å². The molecule has 0 fully saturated rings. The number of anilines is 1. The summed E-state index contributed by atoms with van der Waals surface area (Å²) in [6, 6.07) is 0. The molecule has 0 radical (unpaired) electrons. The minimum absolute atomic E-state index is 0.0477. The highest BCUT2D eigenvalue weighted by Crippen LogP contribution is 2.10. The molecule has 0 aliphatic heterocycles. The van der Waals surface area contributed by atoms with Crippen LogP contribution < -0.4 is 11.1 Å². The molecule has 4 N–H and O–H groups in total. The number of aromatic nitrogens is 2. The Bertz CT molecular complexity index is 274. The number of rotatable bonds is 4. The fourth-order valence-corrected chi connectivity index (χ4v) is 1.16. The van der Waals surface area contributed by atoms with Crippen LogP contribution in [0.1, 0.15) is 10.5 Å². The maximum atomic E-state index is 10.5. The number of hydrogen-bond acceptors (Lipinski definition) is 6. The number of hydrogen-bond donors (Lipinski definition) is 3. The van der Waals surface area contributed by atoms with Gasteiger partial charge < -0.3 is 16.2 Å². The summed E-state index contributed by atoms with van der Waals surface area (Å²) in [4.78, 5) is 10.5. The van der Waals surface area contributed by atoms with E-state index in [0.717, 1.165) is 11.7 Å². The molecule has 0 unspecified atom stereocenters. The third-order valence-electron chi connectivity index (χ3n) is 1.13. The molecule has 0 atom stereocenters. The number of nitrogens with zero attached hydrogens (tertiary/aromatic N) is 2. The minimum Gasteiger partial charge on any atom is -0.476 e. The Kier molecular flexibility index (Phi) is 2.94. The number of nitrogens with two attached hydrogens (primary N) is 1. The van der Waals surface area contributed by atoms with Crippen LogP contribution in [0.4, 0.5) is 5.82 Å². The number of nitrogens with one attached hydrogen (secondary N) is 1. The van der Waals surface area contributed by atoms with Crippen molar-refractivity contribution in [1.82, 2.24) is 8.75 Å². The summed E-state index contributed by atoms with van der Waals surface area (Å²) >= 11 is 0.861. The van der Waals surface area contributed by atoms with E-state index >= 15 is 0 Å². The van der Waals surface area contributed by atoms with Gasteiger partial charge in [0, 0.05) is 13.1 Å². The summed E-state index contributed by atoms with van der Waals surface area (Å²) in [6.07, 6.45) is 0. The highest BCUT2D eigenvalue weighted by Gasteiger charge is 2.13. The van der Waals surface area contributed by atoms with Gasteiger partial charge in [0.15, 0.2) is 5.82 Å². The second-order valence-corrected chi connectivity index (χ2v) is 2.51. The van der Waals surface area contributed by atoms with Crippen molar-refractivity contribution in [2.45, 2.75) is 0 Å². The molecule has 6 nitrogen and oxygen atoms in total. The van der Waals surface area contributed by atoms with E-state index < -0.39 is 5.97 Å². The van der Waals surface area contributed by atoms with Crippen molar-refractivity contribution in [3.05, 3.63) is 5.69 Å². The minimum atomic E-state index is -1.08. The summed E-state index contributed by atoms with van der Waals surface area (Å²) in [5, 5.41) is 11.3. The Morgan fingerprint density at radius 2 is 2.42 bits per heavy atom. The largest absolute Gasteiger partial charge is 0.476 e. The molecular formula is C5H8N4O2S. The van der Waals surface area contributed by atoms with E-state index in [1.54, 1.807) is 0 Å². The second kappa shape index (κ2) is 3.98. The van der Waals surface area contributed by atoms with Crippen molar-refractivity contribution in [2.75, 3.05) is 18.4 Å². The fourth-order valence-electron chi connectivity index (χ4n) is 0.635. The number of aromatic carboxylic acids is 1. The molecule has 0 amide bonds. The van der Waals surface area contributed by atoms with Gasteiger partial charge in [0.25, 0.3) is 0 Å². The van der Waals surface area contributed by atoms with Crippen LogP contribution in [-0.2, 0) is 0 Å².